The van der Waals surface area contributed by atoms with E-state index >= 15 is 0 Å². The molecule has 0 aromatic rings. The van der Waals surface area contributed by atoms with Crippen molar-refractivity contribution in [3.8, 4) is 0 Å². The first-order chi connectivity index (χ1) is 7.92. The van der Waals surface area contributed by atoms with E-state index in [-0.39, 0.29) is 12.0 Å². The number of aliphatic carboxylic acids is 1. The highest BCUT2D eigenvalue weighted by Crippen LogP contribution is 2.01. The quantitative estimate of drug-likeness (QED) is 0.481. The Morgan fingerprint density at radius 1 is 1.29 bits per heavy atom. The topological polar surface area (TPSA) is 108 Å². The van der Waals surface area contributed by atoms with Gasteiger partial charge in [0, 0.05) is 7.11 Å². The van der Waals surface area contributed by atoms with Crippen molar-refractivity contribution in [2.75, 3.05) is 20.3 Å². The van der Waals surface area contributed by atoms with Gasteiger partial charge in [-0.05, 0) is 5.92 Å². The molecule has 0 aliphatic rings. The van der Waals surface area contributed by atoms with Crippen LogP contribution in [0.4, 0.5) is 4.79 Å². The number of ether oxygens (including phenoxy) is 1. The minimum absolute atomic E-state index is 0.151. The Morgan fingerprint density at radius 3 is 2.24 bits per heavy atom. The van der Waals surface area contributed by atoms with Gasteiger partial charge in [0.05, 0.1) is 19.3 Å². The van der Waals surface area contributed by atoms with Gasteiger partial charge in [0.15, 0.2) is 6.04 Å². The second-order valence-electron chi connectivity index (χ2n) is 4.00. The first-order valence-corrected chi connectivity index (χ1v) is 5.32. The van der Waals surface area contributed by atoms with Crippen LogP contribution in [0.3, 0.4) is 0 Å². The van der Waals surface area contributed by atoms with E-state index in [0.29, 0.717) is 6.61 Å². The number of nitrogens with one attached hydrogen (secondary N) is 2. The number of amides is 2. The van der Waals surface area contributed by atoms with Gasteiger partial charge in [-0.25, -0.2) is 9.59 Å². The Balaban J connectivity index is 4.26. The zero-order chi connectivity index (χ0) is 13.4. The molecule has 17 heavy (non-hydrogen) atoms. The summed E-state index contributed by atoms with van der Waals surface area (Å²) in [6, 6.07) is -2.15. The monoisotopic (exact) mass is 248 g/mol. The van der Waals surface area contributed by atoms with Crippen LogP contribution in [0.15, 0.2) is 0 Å². The van der Waals surface area contributed by atoms with E-state index < -0.39 is 24.6 Å². The fourth-order valence-corrected chi connectivity index (χ4v) is 1.13. The predicted molar refractivity (Wildman–Crippen MR) is 60.7 cm³/mol. The SMILES string of the molecule is COCC(NC(=O)N[C@H](CO)C(=O)O)C(C)C. The van der Waals surface area contributed by atoms with E-state index in [9.17, 15) is 9.59 Å². The van der Waals surface area contributed by atoms with Crippen LogP contribution >= 0.6 is 0 Å². The molecule has 2 atom stereocenters. The van der Waals surface area contributed by atoms with E-state index in [4.69, 9.17) is 14.9 Å². The predicted octanol–water partition coefficient (Wildman–Crippen LogP) is -0.598. The number of carboxylic acid groups (broad SMARTS) is 1. The lowest BCUT2D eigenvalue weighted by molar-refractivity contribution is -0.140. The molecule has 0 radical (unpaired) electrons. The van der Waals surface area contributed by atoms with Crippen molar-refractivity contribution in [3.63, 3.8) is 0 Å². The molecule has 4 N–H and O–H groups in total. The molecule has 0 fully saturated rings. The standard InChI is InChI=1S/C10H20N2O5/c1-6(2)8(5-17-3)12-10(16)11-7(4-13)9(14)15/h6-8,13H,4-5H2,1-3H3,(H,14,15)(H2,11,12,16)/t7-,8?/m1/s1. The van der Waals surface area contributed by atoms with E-state index in [0.717, 1.165) is 0 Å². The van der Waals surface area contributed by atoms with Gasteiger partial charge in [0.1, 0.15) is 0 Å². The van der Waals surface area contributed by atoms with Crippen LogP contribution < -0.4 is 10.6 Å². The third kappa shape index (κ3) is 6.08. The number of carbonyl (C=O) groups excluding carboxylic acids is 1. The van der Waals surface area contributed by atoms with Crippen LogP contribution in [-0.4, -0.2) is 54.6 Å². The summed E-state index contributed by atoms with van der Waals surface area (Å²) in [7, 11) is 1.52. The smallest absolute Gasteiger partial charge is 0.328 e. The number of hydrogen-bond donors (Lipinski definition) is 4. The number of carbonyl (C=O) groups is 2. The van der Waals surface area contributed by atoms with Gasteiger partial charge in [-0.15, -0.1) is 0 Å². The lowest BCUT2D eigenvalue weighted by atomic mass is 10.1. The Labute approximate surface area is 100 Å². The van der Waals surface area contributed by atoms with Gasteiger partial charge >= 0.3 is 12.0 Å². The van der Waals surface area contributed by atoms with Crippen LogP contribution in [0.25, 0.3) is 0 Å². The summed E-state index contributed by atoms with van der Waals surface area (Å²) >= 11 is 0. The number of rotatable bonds is 7. The number of aliphatic hydroxyl groups is 1. The fraction of sp³-hybridized carbons (Fsp3) is 0.800. The summed E-state index contributed by atoms with van der Waals surface area (Å²) in [5.41, 5.74) is 0. The third-order valence-corrected chi connectivity index (χ3v) is 2.25. The van der Waals surface area contributed by atoms with Gasteiger partial charge in [-0.1, -0.05) is 13.8 Å². The molecule has 0 saturated heterocycles. The van der Waals surface area contributed by atoms with Gasteiger partial charge < -0.3 is 25.6 Å². The van der Waals surface area contributed by atoms with Crippen LogP contribution in [-0.2, 0) is 9.53 Å². The number of aliphatic hydroxyl groups excluding tert-OH is 1. The third-order valence-electron chi connectivity index (χ3n) is 2.25. The van der Waals surface area contributed by atoms with Crippen molar-refractivity contribution >= 4 is 12.0 Å². The Hall–Kier alpha value is -1.34. The molecule has 0 saturated carbocycles. The second kappa shape index (κ2) is 7.86. The summed E-state index contributed by atoms with van der Waals surface area (Å²) in [5.74, 6) is -1.13. The summed E-state index contributed by atoms with van der Waals surface area (Å²) < 4.78 is 4.94. The van der Waals surface area contributed by atoms with Gasteiger partial charge in [0.25, 0.3) is 0 Å². The number of methoxy groups -OCH3 is 1. The zero-order valence-corrected chi connectivity index (χ0v) is 10.3. The number of hydrogen-bond acceptors (Lipinski definition) is 4. The van der Waals surface area contributed by atoms with Crippen molar-refractivity contribution in [3.05, 3.63) is 0 Å². The minimum atomic E-state index is -1.30. The Bertz CT molecular complexity index is 257. The summed E-state index contributed by atoms with van der Waals surface area (Å²) in [6.07, 6.45) is 0. The molecule has 0 rings (SSSR count). The molecule has 7 nitrogen and oxygen atoms in total. The highest BCUT2D eigenvalue weighted by molar-refractivity contribution is 5.82. The zero-order valence-electron chi connectivity index (χ0n) is 10.3. The molecular formula is C10H20N2O5. The van der Waals surface area contributed by atoms with Crippen LogP contribution in [0.2, 0.25) is 0 Å². The first kappa shape index (κ1) is 15.7. The van der Waals surface area contributed by atoms with Gasteiger partial charge in [-0.3, -0.25) is 0 Å². The van der Waals surface area contributed by atoms with Crippen molar-refractivity contribution in [1.82, 2.24) is 10.6 Å². The molecule has 2 amide bonds. The molecule has 0 heterocycles. The second-order valence-corrected chi connectivity index (χ2v) is 4.00. The normalized spacial score (nSPS) is 14.2. The van der Waals surface area contributed by atoms with E-state index in [1.807, 2.05) is 13.8 Å². The van der Waals surface area contributed by atoms with Gasteiger partial charge in [0.2, 0.25) is 0 Å². The Kier molecular flexibility index (Phi) is 7.24. The number of carboxylic acids is 1. The molecule has 100 valence electrons. The van der Waals surface area contributed by atoms with Crippen molar-refractivity contribution < 1.29 is 24.5 Å². The first-order valence-electron chi connectivity index (χ1n) is 5.32. The van der Waals surface area contributed by atoms with E-state index in [1.165, 1.54) is 7.11 Å². The molecule has 0 spiro atoms. The average Bonchev–Trinajstić information content (AvgIpc) is 2.24. The molecule has 1 unspecified atom stereocenters. The molecule has 0 aromatic heterocycles. The van der Waals surface area contributed by atoms with Gasteiger partial charge in [-0.2, -0.15) is 0 Å². The number of urea groups is 1. The average molecular weight is 248 g/mol. The Morgan fingerprint density at radius 2 is 1.88 bits per heavy atom. The molecule has 0 aliphatic carbocycles. The summed E-state index contributed by atoms with van der Waals surface area (Å²) in [5, 5.41) is 22.1. The fourth-order valence-electron chi connectivity index (χ4n) is 1.13. The van der Waals surface area contributed by atoms with Crippen molar-refractivity contribution in [2.45, 2.75) is 25.9 Å². The van der Waals surface area contributed by atoms with E-state index in [1.54, 1.807) is 0 Å². The molecule has 0 aromatic carbocycles. The lowest BCUT2D eigenvalue weighted by Crippen LogP contribution is -2.52. The highest BCUT2D eigenvalue weighted by atomic mass is 16.5. The maximum atomic E-state index is 11.5. The van der Waals surface area contributed by atoms with Crippen LogP contribution in [0.5, 0.6) is 0 Å². The molecular weight excluding hydrogens is 228 g/mol. The molecule has 7 heteroatoms. The van der Waals surface area contributed by atoms with Crippen molar-refractivity contribution in [2.24, 2.45) is 5.92 Å². The van der Waals surface area contributed by atoms with Crippen molar-refractivity contribution in [1.29, 1.82) is 0 Å². The lowest BCUT2D eigenvalue weighted by Gasteiger charge is -2.22. The maximum absolute atomic E-state index is 11.5. The summed E-state index contributed by atoms with van der Waals surface area (Å²) in [6.45, 7) is 3.50. The van der Waals surface area contributed by atoms with Crippen LogP contribution in [0.1, 0.15) is 13.8 Å². The van der Waals surface area contributed by atoms with Crippen LogP contribution in [0, 0.1) is 5.92 Å². The largest absolute Gasteiger partial charge is 0.480 e. The summed E-state index contributed by atoms with van der Waals surface area (Å²) in [4.78, 5) is 22.0. The highest BCUT2D eigenvalue weighted by Gasteiger charge is 2.21. The molecule has 0 aliphatic heterocycles. The van der Waals surface area contributed by atoms with E-state index in [2.05, 4.69) is 10.6 Å². The minimum Gasteiger partial charge on any atom is -0.480 e. The maximum Gasteiger partial charge on any atom is 0.328 e. The molecule has 0 bridgehead atoms.